The van der Waals surface area contributed by atoms with Crippen molar-refractivity contribution in [2.45, 2.75) is 52.0 Å². The molecule has 0 heterocycles. The Kier molecular flexibility index (Phi) is 10.3. The molecule has 0 spiro atoms. The first-order valence-corrected chi connectivity index (χ1v) is 12.0. The molecule has 31 heavy (non-hydrogen) atoms. The van der Waals surface area contributed by atoms with E-state index >= 15 is 0 Å². The van der Waals surface area contributed by atoms with E-state index in [2.05, 4.69) is 12.2 Å². The Balaban J connectivity index is 2.09. The highest BCUT2D eigenvalue weighted by molar-refractivity contribution is 7.99. The predicted molar refractivity (Wildman–Crippen MR) is 127 cm³/mol. The Morgan fingerprint density at radius 3 is 2.61 bits per heavy atom. The molecule has 0 radical (unpaired) electrons. The third kappa shape index (κ3) is 7.54. The van der Waals surface area contributed by atoms with Gasteiger partial charge in [0, 0.05) is 29.4 Å². The van der Waals surface area contributed by atoms with E-state index in [-0.39, 0.29) is 29.1 Å². The third-order valence-electron chi connectivity index (χ3n) is 5.13. The lowest BCUT2D eigenvalue weighted by Gasteiger charge is -2.29. The lowest BCUT2D eigenvalue weighted by atomic mass is 10.1. The van der Waals surface area contributed by atoms with Crippen molar-refractivity contribution >= 4 is 35.2 Å². The van der Waals surface area contributed by atoms with Crippen LogP contribution in [0.25, 0.3) is 0 Å². The topological polar surface area (TPSA) is 49.4 Å². The zero-order chi connectivity index (χ0) is 22.8. The molecule has 4 nitrogen and oxygen atoms in total. The number of halogens is 2. The Morgan fingerprint density at radius 2 is 1.94 bits per heavy atom. The second-order valence-corrected chi connectivity index (χ2v) is 8.85. The Labute approximate surface area is 193 Å². The fourth-order valence-corrected chi connectivity index (χ4v) is 4.33. The van der Waals surface area contributed by atoms with Crippen LogP contribution < -0.4 is 5.32 Å². The van der Waals surface area contributed by atoms with Crippen LogP contribution >= 0.6 is 23.4 Å². The lowest BCUT2D eigenvalue weighted by molar-refractivity contribution is -0.138. The van der Waals surface area contributed by atoms with Crippen LogP contribution in [0.1, 0.15) is 43.4 Å². The molecular weight excluding hydrogens is 435 g/mol. The summed E-state index contributed by atoms with van der Waals surface area (Å²) in [5.74, 6) is -0.306. The van der Waals surface area contributed by atoms with Gasteiger partial charge < -0.3 is 10.2 Å². The van der Waals surface area contributed by atoms with Gasteiger partial charge in [0.05, 0.1) is 5.75 Å². The molecule has 7 heteroatoms. The Morgan fingerprint density at radius 1 is 1.19 bits per heavy atom. The fourth-order valence-electron chi connectivity index (χ4n) is 3.08. The summed E-state index contributed by atoms with van der Waals surface area (Å²) in [6.07, 6.45) is 1.87. The fraction of sp³-hybridized carbons (Fsp3) is 0.417. The third-order valence-corrected chi connectivity index (χ3v) is 6.43. The average molecular weight is 465 g/mol. The van der Waals surface area contributed by atoms with E-state index in [1.54, 1.807) is 24.0 Å². The number of benzene rings is 2. The molecular formula is C24H30ClFN2O2S. The summed E-state index contributed by atoms with van der Waals surface area (Å²) in [7, 11) is 0. The van der Waals surface area contributed by atoms with Crippen LogP contribution in [0, 0.1) is 12.7 Å². The van der Waals surface area contributed by atoms with Crippen molar-refractivity contribution in [3.05, 3.63) is 70.0 Å². The summed E-state index contributed by atoms with van der Waals surface area (Å²) in [4.78, 5) is 27.3. The van der Waals surface area contributed by atoms with Gasteiger partial charge in [-0.15, -0.1) is 11.8 Å². The van der Waals surface area contributed by atoms with Gasteiger partial charge in [-0.3, -0.25) is 9.59 Å². The van der Waals surface area contributed by atoms with Gasteiger partial charge in [0.25, 0.3) is 0 Å². The maximum absolute atomic E-state index is 14.0. The minimum Gasteiger partial charge on any atom is -0.354 e. The van der Waals surface area contributed by atoms with Gasteiger partial charge in [0.15, 0.2) is 0 Å². The SMILES string of the molecule is CCCCNC(=O)[C@H](C)N(Cc1ccccc1C)C(=O)CSCc1c(F)cccc1Cl. The average Bonchev–Trinajstić information content (AvgIpc) is 2.74. The van der Waals surface area contributed by atoms with Crippen molar-refractivity contribution in [2.75, 3.05) is 12.3 Å². The molecule has 2 aromatic rings. The first-order valence-electron chi connectivity index (χ1n) is 10.5. The highest BCUT2D eigenvalue weighted by Gasteiger charge is 2.26. The van der Waals surface area contributed by atoms with Gasteiger partial charge >= 0.3 is 0 Å². The standard InChI is InChI=1S/C24H30ClFN2O2S/c1-4-5-13-27-24(30)18(3)28(14-19-10-7-6-9-17(19)2)23(29)16-31-15-20-21(25)11-8-12-22(20)26/h6-12,18H,4-5,13-16H2,1-3H3,(H,27,30)/t18-/m0/s1. The zero-order valence-electron chi connectivity index (χ0n) is 18.3. The molecule has 0 saturated heterocycles. The summed E-state index contributed by atoms with van der Waals surface area (Å²) >= 11 is 7.37. The molecule has 2 rings (SSSR count). The largest absolute Gasteiger partial charge is 0.354 e. The number of amides is 2. The number of nitrogens with one attached hydrogen (secondary N) is 1. The first-order chi connectivity index (χ1) is 14.8. The van der Waals surface area contributed by atoms with Gasteiger partial charge in [-0.05, 0) is 43.5 Å². The summed E-state index contributed by atoms with van der Waals surface area (Å²) in [5.41, 5.74) is 2.44. The Bertz CT molecular complexity index is 873. The van der Waals surface area contributed by atoms with E-state index in [9.17, 15) is 14.0 Å². The van der Waals surface area contributed by atoms with Crippen molar-refractivity contribution in [1.29, 1.82) is 0 Å². The molecule has 0 aliphatic heterocycles. The van der Waals surface area contributed by atoms with Crippen LogP contribution in [0.4, 0.5) is 4.39 Å². The molecule has 0 saturated carbocycles. The Hall–Kier alpha value is -2.05. The molecule has 0 unspecified atom stereocenters. The van der Waals surface area contributed by atoms with Gasteiger partial charge in [-0.25, -0.2) is 4.39 Å². The summed E-state index contributed by atoms with van der Waals surface area (Å²) in [6.45, 7) is 6.72. The minimum atomic E-state index is -0.610. The minimum absolute atomic E-state index is 0.128. The van der Waals surface area contributed by atoms with Crippen molar-refractivity contribution in [2.24, 2.45) is 0 Å². The van der Waals surface area contributed by atoms with Crippen LogP contribution in [-0.2, 0) is 21.9 Å². The quantitative estimate of drug-likeness (QED) is 0.456. The summed E-state index contributed by atoms with van der Waals surface area (Å²) < 4.78 is 14.0. The van der Waals surface area contributed by atoms with Gasteiger partial charge in [-0.2, -0.15) is 0 Å². The van der Waals surface area contributed by atoms with Crippen molar-refractivity contribution in [3.63, 3.8) is 0 Å². The molecule has 168 valence electrons. The molecule has 0 aliphatic carbocycles. The van der Waals surface area contributed by atoms with E-state index < -0.39 is 6.04 Å². The van der Waals surface area contributed by atoms with Crippen LogP contribution in [0.3, 0.4) is 0 Å². The number of rotatable bonds is 11. The molecule has 2 aromatic carbocycles. The molecule has 1 atom stereocenters. The van der Waals surface area contributed by atoms with Gasteiger partial charge in [0.2, 0.25) is 11.8 Å². The summed E-state index contributed by atoms with van der Waals surface area (Å²) in [5, 5.41) is 3.26. The lowest BCUT2D eigenvalue weighted by Crippen LogP contribution is -2.48. The molecule has 2 amide bonds. The second kappa shape index (κ2) is 12.7. The maximum atomic E-state index is 14.0. The van der Waals surface area contributed by atoms with Crippen LogP contribution in [-0.4, -0.2) is 35.1 Å². The molecule has 1 N–H and O–H groups in total. The smallest absolute Gasteiger partial charge is 0.242 e. The first kappa shape index (κ1) is 25.2. The number of hydrogen-bond donors (Lipinski definition) is 1. The van der Waals surface area contributed by atoms with Crippen molar-refractivity contribution < 1.29 is 14.0 Å². The highest BCUT2D eigenvalue weighted by atomic mass is 35.5. The van der Waals surface area contributed by atoms with Gasteiger partial charge in [0.1, 0.15) is 11.9 Å². The van der Waals surface area contributed by atoms with Crippen LogP contribution in [0.2, 0.25) is 5.02 Å². The second-order valence-electron chi connectivity index (χ2n) is 7.46. The number of nitrogens with zero attached hydrogens (tertiary/aromatic N) is 1. The van der Waals surface area contributed by atoms with Crippen molar-refractivity contribution in [1.82, 2.24) is 10.2 Å². The van der Waals surface area contributed by atoms with E-state index in [1.165, 1.54) is 17.8 Å². The monoisotopic (exact) mass is 464 g/mol. The highest BCUT2D eigenvalue weighted by Crippen LogP contribution is 2.24. The normalized spacial score (nSPS) is 11.8. The van der Waals surface area contributed by atoms with E-state index in [1.807, 2.05) is 31.2 Å². The maximum Gasteiger partial charge on any atom is 0.242 e. The zero-order valence-corrected chi connectivity index (χ0v) is 19.9. The van der Waals surface area contributed by atoms with E-state index in [0.29, 0.717) is 23.7 Å². The molecule has 0 fully saturated rings. The van der Waals surface area contributed by atoms with Crippen molar-refractivity contribution in [3.8, 4) is 0 Å². The van der Waals surface area contributed by atoms with Crippen LogP contribution in [0.5, 0.6) is 0 Å². The van der Waals surface area contributed by atoms with Crippen LogP contribution in [0.15, 0.2) is 42.5 Å². The molecule has 0 aliphatic rings. The number of aryl methyl sites for hydroxylation is 1. The molecule has 0 bridgehead atoms. The van der Waals surface area contributed by atoms with E-state index in [4.69, 9.17) is 11.6 Å². The summed E-state index contributed by atoms with van der Waals surface area (Å²) in [6, 6.07) is 11.8. The van der Waals surface area contributed by atoms with E-state index in [0.717, 1.165) is 24.0 Å². The van der Waals surface area contributed by atoms with Gasteiger partial charge in [-0.1, -0.05) is 55.3 Å². The number of carbonyl (C=O) groups excluding carboxylic acids is 2. The number of thioether (sulfide) groups is 1. The number of hydrogen-bond acceptors (Lipinski definition) is 3. The number of carbonyl (C=O) groups is 2. The molecule has 0 aromatic heterocycles. The number of unbranched alkanes of at least 4 members (excludes halogenated alkanes) is 1. The predicted octanol–water partition coefficient (Wildman–Crippen LogP) is 5.35.